The molecule has 1 aromatic rings. The number of piperidine rings is 1. The number of ether oxygens (including phenoxy) is 1. The summed E-state index contributed by atoms with van der Waals surface area (Å²) in [6.45, 7) is 2.57. The number of likely N-dealkylation sites (tertiary alicyclic amines) is 1. The van der Waals surface area contributed by atoms with Crippen molar-refractivity contribution in [2.75, 3.05) is 33.4 Å². The van der Waals surface area contributed by atoms with E-state index >= 15 is 0 Å². The van der Waals surface area contributed by atoms with Crippen LogP contribution in [0.4, 0.5) is 4.39 Å². The average molecular weight is 324 g/mol. The van der Waals surface area contributed by atoms with Gasteiger partial charge >= 0.3 is 0 Å². The van der Waals surface area contributed by atoms with Gasteiger partial charge in [0, 0.05) is 32.8 Å². The maximum absolute atomic E-state index is 13.5. The number of methoxy groups -OCH3 is 1. The van der Waals surface area contributed by atoms with E-state index in [2.05, 4.69) is 10.2 Å². The summed E-state index contributed by atoms with van der Waals surface area (Å²) in [4.78, 5) is 14.2. The SMILES string of the molecule is COCC(O)CN1CCC(NC(=O)Cc2ccccc2F)CC1. The fourth-order valence-electron chi connectivity index (χ4n) is 2.90. The Morgan fingerprint density at radius 2 is 2.13 bits per heavy atom. The number of nitrogens with one attached hydrogen (secondary N) is 1. The van der Waals surface area contributed by atoms with Crippen molar-refractivity contribution < 1.29 is 19.0 Å². The Bertz CT molecular complexity index is 504. The van der Waals surface area contributed by atoms with Crippen molar-refractivity contribution in [2.24, 2.45) is 0 Å². The highest BCUT2D eigenvalue weighted by Gasteiger charge is 2.22. The monoisotopic (exact) mass is 324 g/mol. The lowest BCUT2D eigenvalue weighted by atomic mass is 10.0. The summed E-state index contributed by atoms with van der Waals surface area (Å²) in [5, 5.41) is 12.7. The van der Waals surface area contributed by atoms with Crippen LogP contribution < -0.4 is 5.32 Å². The van der Waals surface area contributed by atoms with Crippen LogP contribution in [0.15, 0.2) is 24.3 Å². The van der Waals surface area contributed by atoms with Crippen LogP contribution in [0.25, 0.3) is 0 Å². The van der Waals surface area contributed by atoms with Crippen LogP contribution in [0.2, 0.25) is 0 Å². The van der Waals surface area contributed by atoms with Crippen LogP contribution in [-0.2, 0) is 16.0 Å². The second kappa shape index (κ2) is 8.96. The van der Waals surface area contributed by atoms with Crippen molar-refractivity contribution in [1.29, 1.82) is 0 Å². The third-order valence-electron chi connectivity index (χ3n) is 4.09. The standard InChI is InChI=1S/C17H25FN2O3/c1-23-12-15(21)11-20-8-6-14(7-9-20)19-17(22)10-13-4-2-3-5-16(13)18/h2-5,14-15,21H,6-12H2,1H3,(H,19,22). The number of nitrogens with zero attached hydrogens (tertiary/aromatic N) is 1. The Hall–Kier alpha value is -1.50. The summed E-state index contributed by atoms with van der Waals surface area (Å²) >= 11 is 0. The quantitative estimate of drug-likeness (QED) is 0.784. The molecule has 6 heteroatoms. The fraction of sp³-hybridized carbons (Fsp3) is 0.588. The molecular formula is C17H25FN2O3. The number of halogens is 1. The average Bonchev–Trinajstić information content (AvgIpc) is 2.52. The number of aliphatic hydroxyl groups excluding tert-OH is 1. The number of hydrogen-bond donors (Lipinski definition) is 2. The van der Waals surface area contributed by atoms with Gasteiger partial charge < -0.3 is 20.1 Å². The summed E-state index contributed by atoms with van der Waals surface area (Å²) in [5.74, 6) is -0.488. The van der Waals surface area contributed by atoms with E-state index in [-0.39, 0.29) is 24.2 Å². The molecule has 0 aliphatic carbocycles. The van der Waals surface area contributed by atoms with Gasteiger partial charge in [0.25, 0.3) is 0 Å². The molecule has 0 radical (unpaired) electrons. The van der Waals surface area contributed by atoms with E-state index < -0.39 is 6.10 Å². The third kappa shape index (κ3) is 5.89. The summed E-state index contributed by atoms with van der Waals surface area (Å²) in [6, 6.07) is 6.46. The van der Waals surface area contributed by atoms with Crippen LogP contribution in [0.1, 0.15) is 18.4 Å². The molecule has 1 saturated heterocycles. The summed E-state index contributed by atoms with van der Waals surface area (Å²) < 4.78 is 18.5. The second-order valence-electron chi connectivity index (χ2n) is 6.02. The Balaban J connectivity index is 1.71. The first kappa shape index (κ1) is 17.8. The third-order valence-corrected chi connectivity index (χ3v) is 4.09. The van der Waals surface area contributed by atoms with Crippen molar-refractivity contribution in [3.8, 4) is 0 Å². The van der Waals surface area contributed by atoms with Gasteiger partial charge in [0.05, 0.1) is 19.1 Å². The van der Waals surface area contributed by atoms with Gasteiger partial charge in [0.2, 0.25) is 5.91 Å². The fourth-order valence-corrected chi connectivity index (χ4v) is 2.90. The molecular weight excluding hydrogens is 299 g/mol. The number of rotatable bonds is 7. The number of benzene rings is 1. The minimum atomic E-state index is -0.479. The minimum absolute atomic E-state index is 0.0689. The van der Waals surface area contributed by atoms with Crippen LogP contribution in [0.5, 0.6) is 0 Å². The molecule has 1 amide bonds. The molecule has 1 aliphatic rings. The molecule has 2 rings (SSSR count). The normalized spacial score (nSPS) is 17.9. The molecule has 2 N–H and O–H groups in total. The van der Waals surface area contributed by atoms with Crippen LogP contribution in [-0.4, -0.2) is 61.4 Å². The molecule has 0 saturated carbocycles. The second-order valence-corrected chi connectivity index (χ2v) is 6.02. The van der Waals surface area contributed by atoms with Gasteiger partial charge in [-0.2, -0.15) is 0 Å². The highest BCUT2D eigenvalue weighted by Crippen LogP contribution is 2.12. The van der Waals surface area contributed by atoms with E-state index in [1.165, 1.54) is 6.07 Å². The molecule has 1 aromatic carbocycles. The van der Waals surface area contributed by atoms with E-state index in [9.17, 15) is 14.3 Å². The molecule has 1 fully saturated rings. The van der Waals surface area contributed by atoms with Gasteiger partial charge in [-0.25, -0.2) is 4.39 Å². The Kier molecular flexibility index (Phi) is 6.95. The highest BCUT2D eigenvalue weighted by atomic mass is 19.1. The molecule has 1 aliphatic heterocycles. The predicted molar refractivity (Wildman–Crippen MR) is 85.6 cm³/mol. The lowest BCUT2D eigenvalue weighted by Gasteiger charge is -2.33. The molecule has 0 spiro atoms. The van der Waals surface area contributed by atoms with Gasteiger partial charge in [-0.1, -0.05) is 18.2 Å². The number of aliphatic hydroxyl groups is 1. The van der Waals surface area contributed by atoms with Crippen LogP contribution >= 0.6 is 0 Å². The van der Waals surface area contributed by atoms with Gasteiger partial charge in [-0.3, -0.25) is 4.79 Å². The van der Waals surface area contributed by atoms with E-state index in [1.807, 2.05) is 0 Å². The first-order chi connectivity index (χ1) is 11.1. The topological polar surface area (TPSA) is 61.8 Å². The highest BCUT2D eigenvalue weighted by molar-refractivity contribution is 5.78. The molecule has 0 bridgehead atoms. The van der Waals surface area contributed by atoms with E-state index in [0.717, 1.165) is 25.9 Å². The lowest BCUT2D eigenvalue weighted by molar-refractivity contribution is -0.121. The van der Waals surface area contributed by atoms with Crippen molar-refractivity contribution in [3.63, 3.8) is 0 Å². The molecule has 1 heterocycles. The van der Waals surface area contributed by atoms with E-state index in [0.29, 0.717) is 18.7 Å². The number of β-amino-alcohol motifs (C(OH)–C–C–N with tert-alkyl or cyclic N) is 1. The van der Waals surface area contributed by atoms with E-state index in [1.54, 1.807) is 25.3 Å². The summed E-state index contributed by atoms with van der Waals surface area (Å²) in [7, 11) is 1.57. The number of hydrogen-bond acceptors (Lipinski definition) is 4. The Labute approximate surface area is 136 Å². The van der Waals surface area contributed by atoms with Crippen LogP contribution in [0, 0.1) is 5.82 Å². The number of carbonyl (C=O) groups is 1. The number of amides is 1. The van der Waals surface area contributed by atoms with Crippen molar-refractivity contribution in [2.45, 2.75) is 31.4 Å². The zero-order chi connectivity index (χ0) is 16.7. The molecule has 1 atom stereocenters. The molecule has 1 unspecified atom stereocenters. The molecule has 23 heavy (non-hydrogen) atoms. The van der Waals surface area contributed by atoms with Gasteiger partial charge in [0.1, 0.15) is 5.82 Å². The number of carbonyl (C=O) groups excluding carboxylic acids is 1. The Morgan fingerprint density at radius 3 is 2.78 bits per heavy atom. The first-order valence-corrected chi connectivity index (χ1v) is 8.00. The summed E-state index contributed by atoms with van der Waals surface area (Å²) in [5.41, 5.74) is 0.421. The maximum Gasteiger partial charge on any atom is 0.224 e. The van der Waals surface area contributed by atoms with Crippen LogP contribution in [0.3, 0.4) is 0 Å². The first-order valence-electron chi connectivity index (χ1n) is 8.00. The van der Waals surface area contributed by atoms with Crippen molar-refractivity contribution in [3.05, 3.63) is 35.6 Å². The molecule has 5 nitrogen and oxygen atoms in total. The smallest absolute Gasteiger partial charge is 0.224 e. The van der Waals surface area contributed by atoms with Gasteiger partial charge in [-0.15, -0.1) is 0 Å². The summed E-state index contributed by atoms with van der Waals surface area (Å²) in [6.07, 6.45) is 1.26. The van der Waals surface area contributed by atoms with E-state index in [4.69, 9.17) is 4.74 Å². The predicted octanol–water partition coefficient (Wildman–Crippen LogP) is 0.956. The zero-order valence-electron chi connectivity index (χ0n) is 13.5. The van der Waals surface area contributed by atoms with Gasteiger partial charge in [0.15, 0.2) is 0 Å². The van der Waals surface area contributed by atoms with Crippen molar-refractivity contribution >= 4 is 5.91 Å². The molecule has 0 aromatic heterocycles. The Morgan fingerprint density at radius 1 is 1.43 bits per heavy atom. The maximum atomic E-state index is 13.5. The largest absolute Gasteiger partial charge is 0.389 e. The van der Waals surface area contributed by atoms with Crippen molar-refractivity contribution in [1.82, 2.24) is 10.2 Å². The molecule has 128 valence electrons. The lowest BCUT2D eigenvalue weighted by Crippen LogP contribution is -2.47. The van der Waals surface area contributed by atoms with Gasteiger partial charge in [-0.05, 0) is 24.5 Å². The minimum Gasteiger partial charge on any atom is -0.389 e. The zero-order valence-corrected chi connectivity index (χ0v) is 13.5.